The molecular formula is C80H50N10S2. The minimum atomic E-state index is 0.265. The largest absolute Gasteiger partial charge is 0.339 e. The number of hydrogen-bond acceptors (Lipinski definition) is 9. The number of aliphatic imine (C=N–C) groups is 2. The summed E-state index contributed by atoms with van der Waals surface area (Å²) in [4.78, 5) is 30.2. The molecule has 0 unspecified atom stereocenters. The molecule has 0 spiro atoms. The lowest BCUT2D eigenvalue weighted by atomic mass is 9.99. The van der Waals surface area contributed by atoms with Gasteiger partial charge in [0.15, 0.2) is 11.6 Å². The number of amidine groups is 2. The van der Waals surface area contributed by atoms with Crippen LogP contribution in [0.5, 0.6) is 0 Å². The van der Waals surface area contributed by atoms with Gasteiger partial charge in [-0.2, -0.15) is 5.26 Å². The Hall–Kier alpha value is -12.3. The van der Waals surface area contributed by atoms with Crippen molar-refractivity contribution in [2.45, 2.75) is 0 Å². The fraction of sp³-hybridized carbons (Fsp3) is 0. The molecule has 0 atom stereocenters. The monoisotopic (exact) mass is 1210 g/mol. The number of pyridine rings is 2. The van der Waals surface area contributed by atoms with E-state index in [4.69, 9.17) is 26.5 Å². The standard InChI is InChI=1S/C80H50N10S2/c1-82-78(58-28-42-66(43-29-58)90(65-40-26-55(27-41-65)73-17-7-47-92-73)62-34-20-52(21-35-62)60-31-45-75(84-50-60)88-80-68-13-3-9-57-11-5-15-71(86-80)77(57)68)69(48-81)53-22-36-63(37-23-53)89(64-38-24-54(25-39-64)72-16-6-46-91-72)61-32-18-51(19-33-61)59-30-44-74(83-49-59)87-79-67-12-2-8-56-10-4-14-70(85-79)76(56)67/h2-47,49-50H,(H,83,85,87)(H,84,86,88)/b78-69-. The van der Waals surface area contributed by atoms with Crippen molar-refractivity contribution in [3.8, 4) is 49.2 Å². The zero-order chi connectivity index (χ0) is 61.5. The molecule has 0 bridgehead atoms. The van der Waals surface area contributed by atoms with Crippen molar-refractivity contribution < 1.29 is 0 Å². The fourth-order valence-electron chi connectivity index (χ4n) is 12.3. The van der Waals surface area contributed by atoms with E-state index in [1.165, 1.54) is 31.3 Å². The first-order chi connectivity index (χ1) is 45.5. The van der Waals surface area contributed by atoms with Crippen LogP contribution in [0.1, 0.15) is 22.3 Å². The Bertz CT molecular complexity index is 4940. The molecule has 6 heterocycles. The van der Waals surface area contributed by atoms with Crippen molar-refractivity contribution in [3.05, 3.63) is 324 Å². The van der Waals surface area contributed by atoms with Crippen LogP contribution in [0.3, 0.4) is 0 Å². The number of anilines is 8. The minimum absolute atomic E-state index is 0.265. The summed E-state index contributed by atoms with van der Waals surface area (Å²) in [7, 11) is 0. The van der Waals surface area contributed by atoms with E-state index in [1.807, 2.05) is 73.1 Å². The molecule has 2 aliphatic heterocycles. The van der Waals surface area contributed by atoms with Crippen LogP contribution < -0.4 is 20.4 Å². The average Bonchev–Trinajstić information content (AvgIpc) is 1.73. The van der Waals surface area contributed by atoms with E-state index in [9.17, 15) is 5.26 Å². The summed E-state index contributed by atoms with van der Waals surface area (Å²) in [5.41, 5.74) is 17.9. The van der Waals surface area contributed by atoms with Gasteiger partial charge in [-0.1, -0.05) is 146 Å². The molecule has 0 radical (unpaired) electrons. The van der Waals surface area contributed by atoms with Gasteiger partial charge in [-0.3, -0.25) is 0 Å². The van der Waals surface area contributed by atoms with E-state index >= 15 is 0 Å². The Morgan fingerprint density at radius 2 is 0.772 bits per heavy atom. The summed E-state index contributed by atoms with van der Waals surface area (Å²) in [6.07, 6.45) is 3.74. The van der Waals surface area contributed by atoms with Crippen LogP contribution in [0.25, 0.3) is 80.8 Å². The molecule has 432 valence electrons. The summed E-state index contributed by atoms with van der Waals surface area (Å²) in [5, 5.41) is 26.8. The van der Waals surface area contributed by atoms with Crippen LogP contribution in [0.4, 0.5) is 57.1 Å². The molecule has 12 heteroatoms. The summed E-state index contributed by atoms with van der Waals surface area (Å²) in [5.74, 6) is 2.82. The molecule has 92 heavy (non-hydrogen) atoms. The molecule has 14 aromatic rings. The van der Waals surface area contributed by atoms with E-state index in [0.29, 0.717) is 22.8 Å². The third-order valence-corrected chi connectivity index (χ3v) is 18.7. The molecule has 10 nitrogen and oxygen atoms in total. The third kappa shape index (κ3) is 10.4. The van der Waals surface area contributed by atoms with Crippen LogP contribution in [0, 0.1) is 17.9 Å². The second-order valence-corrected chi connectivity index (χ2v) is 24.1. The van der Waals surface area contributed by atoms with Gasteiger partial charge in [-0.25, -0.2) is 24.8 Å². The Labute approximate surface area is 539 Å². The van der Waals surface area contributed by atoms with Crippen molar-refractivity contribution in [2.24, 2.45) is 9.98 Å². The summed E-state index contributed by atoms with van der Waals surface area (Å²) >= 11 is 3.42. The molecule has 0 amide bonds. The maximum Gasteiger partial charge on any atom is 0.212 e. The van der Waals surface area contributed by atoms with Crippen molar-refractivity contribution in [3.63, 3.8) is 0 Å². The number of nitrogens with one attached hydrogen (secondary N) is 2. The molecule has 0 saturated heterocycles. The Morgan fingerprint density at radius 1 is 0.402 bits per heavy atom. The van der Waals surface area contributed by atoms with Gasteiger partial charge in [0.05, 0.1) is 18.2 Å². The van der Waals surface area contributed by atoms with E-state index in [1.54, 1.807) is 22.7 Å². The lowest BCUT2D eigenvalue weighted by molar-refractivity contribution is 1.27. The molecule has 0 saturated carbocycles. The van der Waals surface area contributed by atoms with Crippen LogP contribution in [-0.4, -0.2) is 21.6 Å². The Morgan fingerprint density at radius 3 is 1.13 bits per heavy atom. The maximum absolute atomic E-state index is 10.9. The number of benzene rings is 10. The van der Waals surface area contributed by atoms with Gasteiger partial charge in [0.2, 0.25) is 5.70 Å². The van der Waals surface area contributed by atoms with E-state index in [0.717, 1.165) is 102 Å². The molecule has 0 aliphatic carbocycles. The van der Waals surface area contributed by atoms with Crippen LogP contribution in [0.15, 0.2) is 300 Å². The van der Waals surface area contributed by atoms with Crippen LogP contribution in [-0.2, 0) is 0 Å². The Kier molecular flexibility index (Phi) is 14.1. The van der Waals surface area contributed by atoms with Gasteiger partial charge in [-0.05, 0) is 176 Å². The van der Waals surface area contributed by atoms with Gasteiger partial charge in [0, 0.05) is 101 Å². The predicted molar refractivity (Wildman–Crippen MR) is 382 cm³/mol. The van der Waals surface area contributed by atoms with E-state index in [-0.39, 0.29) is 11.3 Å². The highest BCUT2D eigenvalue weighted by Crippen LogP contribution is 2.43. The number of hydrogen-bond donors (Lipinski definition) is 2. The number of allylic oxidation sites excluding steroid dienone is 1. The van der Waals surface area contributed by atoms with Crippen molar-refractivity contribution in [1.29, 1.82) is 5.26 Å². The molecule has 16 rings (SSSR count). The highest BCUT2D eigenvalue weighted by Gasteiger charge is 2.23. The second kappa shape index (κ2) is 23.7. The molecule has 4 aromatic heterocycles. The second-order valence-electron chi connectivity index (χ2n) is 22.3. The minimum Gasteiger partial charge on any atom is -0.339 e. The fourth-order valence-corrected chi connectivity index (χ4v) is 13.8. The molecule has 10 aromatic carbocycles. The number of nitrogens with zero attached hydrogens (tertiary/aromatic N) is 8. The highest BCUT2D eigenvalue weighted by atomic mass is 32.1. The third-order valence-electron chi connectivity index (χ3n) is 16.8. The predicted octanol–water partition coefficient (Wildman–Crippen LogP) is 21.8. The van der Waals surface area contributed by atoms with Gasteiger partial charge in [0.1, 0.15) is 11.7 Å². The van der Waals surface area contributed by atoms with Gasteiger partial charge < -0.3 is 20.4 Å². The molecule has 2 N–H and O–H groups in total. The van der Waals surface area contributed by atoms with E-state index < -0.39 is 0 Å². The van der Waals surface area contributed by atoms with Gasteiger partial charge in [0.25, 0.3) is 0 Å². The number of aromatic nitrogens is 2. The van der Waals surface area contributed by atoms with E-state index in [2.05, 4.69) is 248 Å². The molecule has 0 fully saturated rings. The zero-order valence-electron chi connectivity index (χ0n) is 49.1. The molecule has 2 aliphatic rings. The summed E-state index contributed by atoms with van der Waals surface area (Å²) in [6.45, 7) is 8.52. The van der Waals surface area contributed by atoms with Gasteiger partial charge >= 0.3 is 0 Å². The molecular weight excluding hydrogens is 1170 g/mol. The smallest absolute Gasteiger partial charge is 0.212 e. The first-order valence-electron chi connectivity index (χ1n) is 30.0. The SMILES string of the molecule is [C-]#[N+]/C(=C(/C#N)c1ccc(N(c2ccc(-c3ccc(N=C4Nc5cccc6cccc4c56)nc3)cc2)c2ccc(-c3cccs3)cc2)cc1)c1ccc(N(c2ccc(-c3ccc(N=C4Nc5cccc6cccc4c56)nc3)cc2)c2ccc(-c3cccs3)cc2)cc1. The van der Waals surface area contributed by atoms with Crippen LogP contribution >= 0.6 is 22.7 Å². The number of nitriles is 1. The lowest BCUT2D eigenvalue weighted by Crippen LogP contribution is -2.10. The highest BCUT2D eigenvalue weighted by molar-refractivity contribution is 7.13. The normalized spacial score (nSPS) is 13.2. The maximum atomic E-state index is 10.9. The van der Waals surface area contributed by atoms with Crippen molar-refractivity contribution in [2.75, 3.05) is 20.4 Å². The Balaban J connectivity index is 0.671. The summed E-state index contributed by atoms with van der Waals surface area (Å²) in [6, 6.07) is 93.8. The van der Waals surface area contributed by atoms with Crippen molar-refractivity contribution in [1.82, 2.24) is 9.97 Å². The lowest BCUT2D eigenvalue weighted by Gasteiger charge is -2.26. The quantitative estimate of drug-likeness (QED) is 0.0634. The average molecular weight is 1220 g/mol. The topological polar surface area (TPSA) is 109 Å². The van der Waals surface area contributed by atoms with Crippen molar-refractivity contribution >= 4 is 124 Å². The first-order valence-corrected chi connectivity index (χ1v) is 31.7. The number of thiophene rings is 2. The summed E-state index contributed by atoms with van der Waals surface area (Å²) < 4.78 is 0. The first kappa shape index (κ1) is 55.0. The zero-order valence-corrected chi connectivity index (χ0v) is 50.7. The van der Waals surface area contributed by atoms with Crippen LogP contribution in [0.2, 0.25) is 0 Å². The van der Waals surface area contributed by atoms with Gasteiger partial charge in [-0.15, -0.1) is 22.7 Å². The number of rotatable bonds is 14.